The molecule has 16 heavy (non-hydrogen) atoms. The van der Waals surface area contributed by atoms with E-state index in [1.165, 1.54) is 0 Å². The molecule has 1 heterocycles. The summed E-state index contributed by atoms with van der Waals surface area (Å²) in [6.45, 7) is 0.706. The number of rotatable bonds is 4. The number of halogens is 2. The van der Waals surface area contributed by atoms with E-state index < -0.39 is 0 Å². The first-order valence-corrected chi connectivity index (χ1v) is 6.54. The molecule has 0 aliphatic carbocycles. The van der Waals surface area contributed by atoms with Crippen molar-refractivity contribution < 1.29 is 4.74 Å². The van der Waals surface area contributed by atoms with E-state index in [1.807, 2.05) is 18.2 Å². The lowest BCUT2D eigenvalue weighted by Crippen LogP contribution is -1.97. The van der Waals surface area contributed by atoms with Crippen molar-refractivity contribution in [1.29, 1.82) is 0 Å². The Morgan fingerprint density at radius 1 is 1.31 bits per heavy atom. The largest absolute Gasteiger partial charge is 0.493 e. The van der Waals surface area contributed by atoms with Crippen molar-refractivity contribution in [1.82, 2.24) is 4.98 Å². The Labute approximate surface area is 108 Å². The normalized spacial score (nSPS) is 10.6. The van der Waals surface area contributed by atoms with Crippen molar-refractivity contribution in [3.05, 3.63) is 35.5 Å². The highest BCUT2D eigenvalue weighted by atomic mass is 79.9. The number of hydrogen-bond donors (Lipinski definition) is 0. The predicted molar refractivity (Wildman–Crippen MR) is 70.7 cm³/mol. The van der Waals surface area contributed by atoms with Gasteiger partial charge >= 0.3 is 0 Å². The number of hydrogen-bond acceptors (Lipinski definition) is 2. The second kappa shape index (κ2) is 5.51. The molecule has 2 nitrogen and oxygen atoms in total. The molecular weight excluding hydrogens is 289 g/mol. The van der Waals surface area contributed by atoms with Crippen molar-refractivity contribution in [3.8, 4) is 5.75 Å². The van der Waals surface area contributed by atoms with Gasteiger partial charge in [0.05, 0.1) is 17.1 Å². The molecule has 0 aliphatic heterocycles. The topological polar surface area (TPSA) is 22.1 Å². The molecule has 0 aliphatic rings. The molecule has 0 N–H and O–H groups in total. The van der Waals surface area contributed by atoms with Gasteiger partial charge in [-0.2, -0.15) is 0 Å². The van der Waals surface area contributed by atoms with Crippen LogP contribution in [-0.4, -0.2) is 16.9 Å². The van der Waals surface area contributed by atoms with Crippen LogP contribution in [-0.2, 0) is 0 Å². The molecule has 1 aromatic heterocycles. The third kappa shape index (κ3) is 2.66. The second-order valence-electron chi connectivity index (χ2n) is 3.36. The highest BCUT2D eigenvalue weighted by Crippen LogP contribution is 2.25. The van der Waals surface area contributed by atoms with Gasteiger partial charge in [0.2, 0.25) is 0 Å². The lowest BCUT2D eigenvalue weighted by atomic mass is 10.2. The molecule has 0 bridgehead atoms. The van der Waals surface area contributed by atoms with Crippen LogP contribution < -0.4 is 4.74 Å². The number of pyridine rings is 1. The van der Waals surface area contributed by atoms with Crippen molar-refractivity contribution >= 4 is 38.4 Å². The van der Waals surface area contributed by atoms with Crippen LogP contribution in [0.4, 0.5) is 0 Å². The van der Waals surface area contributed by atoms with Gasteiger partial charge in [0.15, 0.2) is 0 Å². The Morgan fingerprint density at radius 2 is 2.19 bits per heavy atom. The Bertz CT molecular complexity index is 489. The standard InChI is InChI=1S/C12H11BrClNO/c13-5-1-7-16-9-2-3-10-11(14)4-6-15-12(10)8-9/h2-4,6,8H,1,5,7H2. The number of aromatic nitrogens is 1. The monoisotopic (exact) mass is 299 g/mol. The molecule has 0 spiro atoms. The zero-order valence-corrected chi connectivity index (χ0v) is 11.0. The summed E-state index contributed by atoms with van der Waals surface area (Å²) < 4.78 is 5.58. The average Bonchev–Trinajstić information content (AvgIpc) is 2.30. The van der Waals surface area contributed by atoms with Crippen molar-refractivity contribution in [2.24, 2.45) is 0 Å². The fourth-order valence-electron chi connectivity index (χ4n) is 1.43. The van der Waals surface area contributed by atoms with Gasteiger partial charge in [-0.15, -0.1) is 0 Å². The third-order valence-electron chi connectivity index (χ3n) is 2.21. The maximum absolute atomic E-state index is 6.05. The minimum atomic E-state index is 0.706. The van der Waals surface area contributed by atoms with Crippen molar-refractivity contribution in [2.45, 2.75) is 6.42 Å². The molecule has 84 valence electrons. The van der Waals surface area contributed by atoms with E-state index in [2.05, 4.69) is 20.9 Å². The van der Waals surface area contributed by atoms with E-state index in [0.29, 0.717) is 6.61 Å². The van der Waals surface area contributed by atoms with Crippen molar-refractivity contribution in [2.75, 3.05) is 11.9 Å². The first kappa shape index (κ1) is 11.7. The molecule has 4 heteroatoms. The molecule has 0 saturated carbocycles. The summed E-state index contributed by atoms with van der Waals surface area (Å²) in [4.78, 5) is 4.26. The van der Waals surface area contributed by atoms with Crippen LogP contribution in [0.15, 0.2) is 30.5 Å². The Balaban J connectivity index is 2.23. The smallest absolute Gasteiger partial charge is 0.121 e. The molecule has 0 fully saturated rings. The van der Waals surface area contributed by atoms with E-state index in [0.717, 1.165) is 33.4 Å². The quantitative estimate of drug-likeness (QED) is 0.628. The molecular formula is C12H11BrClNO. The van der Waals surface area contributed by atoms with Gasteiger partial charge in [-0.1, -0.05) is 27.5 Å². The summed E-state index contributed by atoms with van der Waals surface area (Å²) in [5.74, 6) is 0.836. The summed E-state index contributed by atoms with van der Waals surface area (Å²) in [6.07, 6.45) is 2.69. The Morgan fingerprint density at radius 3 is 3.00 bits per heavy atom. The Hall–Kier alpha value is -0.800. The van der Waals surface area contributed by atoms with Crippen LogP contribution in [0.25, 0.3) is 10.9 Å². The molecule has 0 amide bonds. The molecule has 0 unspecified atom stereocenters. The lowest BCUT2D eigenvalue weighted by molar-refractivity contribution is 0.319. The first-order chi connectivity index (χ1) is 7.81. The summed E-state index contributed by atoms with van der Waals surface area (Å²) in [5.41, 5.74) is 0.865. The molecule has 0 radical (unpaired) electrons. The van der Waals surface area contributed by atoms with Gasteiger partial charge in [0.25, 0.3) is 0 Å². The van der Waals surface area contributed by atoms with Gasteiger partial charge < -0.3 is 4.74 Å². The van der Waals surface area contributed by atoms with Gasteiger partial charge in [-0.25, -0.2) is 0 Å². The number of ether oxygens (including phenoxy) is 1. The Kier molecular flexibility index (Phi) is 4.02. The molecule has 1 aromatic carbocycles. The lowest BCUT2D eigenvalue weighted by Gasteiger charge is -2.06. The van der Waals surface area contributed by atoms with Crippen LogP contribution in [0.2, 0.25) is 5.02 Å². The highest BCUT2D eigenvalue weighted by Gasteiger charge is 2.01. The van der Waals surface area contributed by atoms with E-state index in [9.17, 15) is 0 Å². The zero-order valence-electron chi connectivity index (χ0n) is 8.62. The number of fused-ring (bicyclic) bond motifs is 1. The first-order valence-electron chi connectivity index (χ1n) is 5.04. The van der Waals surface area contributed by atoms with E-state index in [4.69, 9.17) is 16.3 Å². The van der Waals surface area contributed by atoms with Gasteiger partial charge in [-0.05, 0) is 24.6 Å². The molecule has 2 rings (SSSR count). The summed E-state index contributed by atoms with van der Waals surface area (Å²) in [6, 6.07) is 7.56. The minimum Gasteiger partial charge on any atom is -0.493 e. The van der Waals surface area contributed by atoms with E-state index in [1.54, 1.807) is 12.3 Å². The van der Waals surface area contributed by atoms with E-state index >= 15 is 0 Å². The summed E-state index contributed by atoms with van der Waals surface area (Å²) in [7, 11) is 0. The summed E-state index contributed by atoms with van der Waals surface area (Å²) in [5, 5.41) is 2.62. The summed E-state index contributed by atoms with van der Waals surface area (Å²) >= 11 is 9.41. The fourth-order valence-corrected chi connectivity index (χ4v) is 1.87. The maximum Gasteiger partial charge on any atom is 0.121 e. The SMILES string of the molecule is Clc1ccnc2cc(OCCCBr)ccc12. The van der Waals surface area contributed by atoms with Gasteiger partial charge in [0.1, 0.15) is 5.75 Å². The van der Waals surface area contributed by atoms with Gasteiger partial charge in [-0.3, -0.25) is 4.98 Å². The minimum absolute atomic E-state index is 0.706. The average molecular weight is 301 g/mol. The van der Waals surface area contributed by atoms with E-state index in [-0.39, 0.29) is 0 Å². The van der Waals surface area contributed by atoms with Crippen LogP contribution in [0.5, 0.6) is 5.75 Å². The number of nitrogens with zero attached hydrogens (tertiary/aromatic N) is 1. The van der Waals surface area contributed by atoms with Crippen LogP contribution in [0.1, 0.15) is 6.42 Å². The van der Waals surface area contributed by atoms with Gasteiger partial charge in [0, 0.05) is 23.0 Å². The second-order valence-corrected chi connectivity index (χ2v) is 4.56. The number of alkyl halides is 1. The molecule has 0 saturated heterocycles. The zero-order chi connectivity index (χ0) is 11.4. The highest BCUT2D eigenvalue weighted by molar-refractivity contribution is 9.09. The van der Waals surface area contributed by atoms with Crippen molar-refractivity contribution in [3.63, 3.8) is 0 Å². The number of benzene rings is 1. The molecule has 0 atom stereocenters. The van der Waals surface area contributed by atoms with Crippen LogP contribution in [0.3, 0.4) is 0 Å². The maximum atomic E-state index is 6.05. The van der Waals surface area contributed by atoms with Crippen LogP contribution in [0, 0.1) is 0 Å². The third-order valence-corrected chi connectivity index (χ3v) is 3.10. The van der Waals surface area contributed by atoms with Crippen LogP contribution >= 0.6 is 27.5 Å². The fraction of sp³-hybridized carbons (Fsp3) is 0.250. The molecule has 2 aromatic rings. The predicted octanol–water partition coefficient (Wildman–Crippen LogP) is 4.05.